The van der Waals surface area contributed by atoms with Gasteiger partial charge in [0.15, 0.2) is 0 Å². The highest BCUT2D eigenvalue weighted by Crippen LogP contribution is 2.21. The van der Waals surface area contributed by atoms with Crippen molar-refractivity contribution in [1.82, 2.24) is 9.78 Å². The molecule has 0 spiro atoms. The molecule has 2 N–H and O–H groups in total. The van der Waals surface area contributed by atoms with Crippen molar-refractivity contribution in [3.8, 4) is 17.3 Å². The molecule has 0 bridgehead atoms. The Hall–Kier alpha value is -2.35. The fourth-order valence-corrected chi connectivity index (χ4v) is 1.56. The van der Waals surface area contributed by atoms with Crippen molar-refractivity contribution in [1.29, 1.82) is 5.26 Å². The van der Waals surface area contributed by atoms with Crippen molar-refractivity contribution >= 4 is 5.82 Å². The van der Waals surface area contributed by atoms with Crippen molar-refractivity contribution in [2.45, 2.75) is 13.0 Å². The summed E-state index contributed by atoms with van der Waals surface area (Å²) < 4.78 is 14.6. The van der Waals surface area contributed by atoms with Crippen molar-refractivity contribution in [3.05, 3.63) is 36.1 Å². The maximum Gasteiger partial charge on any atom is 0.123 e. The summed E-state index contributed by atoms with van der Waals surface area (Å²) in [4.78, 5) is 0. The standard InChI is InChI=1S/C12H11FN4/c13-10-4-1-3-9(7-10)11-8-12(15)17(16-11)6-2-5-14/h1,3-4,7-8H,2,6,15H2. The Morgan fingerprint density at radius 3 is 2.94 bits per heavy atom. The quantitative estimate of drug-likeness (QED) is 0.878. The highest BCUT2D eigenvalue weighted by Gasteiger charge is 2.07. The van der Waals surface area contributed by atoms with E-state index in [2.05, 4.69) is 5.10 Å². The molecular formula is C12H11FN4. The summed E-state index contributed by atoms with van der Waals surface area (Å²) >= 11 is 0. The van der Waals surface area contributed by atoms with E-state index in [-0.39, 0.29) is 5.82 Å². The molecule has 0 unspecified atom stereocenters. The molecule has 0 aliphatic carbocycles. The Morgan fingerprint density at radius 1 is 1.41 bits per heavy atom. The Labute approximate surface area is 98.1 Å². The van der Waals surface area contributed by atoms with Gasteiger partial charge in [-0.05, 0) is 12.1 Å². The minimum atomic E-state index is -0.312. The molecule has 0 aliphatic rings. The zero-order valence-corrected chi connectivity index (χ0v) is 9.10. The van der Waals surface area contributed by atoms with E-state index < -0.39 is 0 Å². The smallest absolute Gasteiger partial charge is 0.123 e. The largest absolute Gasteiger partial charge is 0.384 e. The van der Waals surface area contributed by atoms with Crippen LogP contribution in [0.15, 0.2) is 30.3 Å². The van der Waals surface area contributed by atoms with E-state index in [4.69, 9.17) is 11.0 Å². The monoisotopic (exact) mass is 230 g/mol. The minimum absolute atomic E-state index is 0.312. The van der Waals surface area contributed by atoms with Gasteiger partial charge in [-0.2, -0.15) is 10.4 Å². The van der Waals surface area contributed by atoms with Crippen LogP contribution in [0.5, 0.6) is 0 Å². The fraction of sp³-hybridized carbons (Fsp3) is 0.167. The number of hydrogen-bond acceptors (Lipinski definition) is 3. The molecule has 5 heteroatoms. The molecule has 86 valence electrons. The first-order valence-corrected chi connectivity index (χ1v) is 5.17. The van der Waals surface area contributed by atoms with E-state index >= 15 is 0 Å². The molecule has 0 aliphatic heterocycles. The van der Waals surface area contributed by atoms with Crippen molar-refractivity contribution < 1.29 is 4.39 Å². The minimum Gasteiger partial charge on any atom is -0.384 e. The van der Waals surface area contributed by atoms with E-state index in [9.17, 15) is 4.39 Å². The van der Waals surface area contributed by atoms with Crippen LogP contribution < -0.4 is 5.73 Å². The number of nitriles is 1. The number of nitrogens with zero attached hydrogens (tertiary/aromatic N) is 3. The van der Waals surface area contributed by atoms with Crippen LogP contribution in [0.1, 0.15) is 6.42 Å². The fourth-order valence-electron chi connectivity index (χ4n) is 1.56. The molecule has 0 saturated carbocycles. The second kappa shape index (κ2) is 4.66. The van der Waals surface area contributed by atoms with Crippen molar-refractivity contribution in [2.75, 3.05) is 5.73 Å². The Morgan fingerprint density at radius 2 is 2.24 bits per heavy atom. The maximum atomic E-state index is 13.1. The highest BCUT2D eigenvalue weighted by molar-refractivity contribution is 5.62. The number of hydrogen-bond donors (Lipinski definition) is 1. The SMILES string of the molecule is N#CCCn1nc(-c2cccc(F)c2)cc1N. The summed E-state index contributed by atoms with van der Waals surface area (Å²) in [5.41, 5.74) is 7.04. The molecule has 1 heterocycles. The average molecular weight is 230 g/mol. The van der Waals surface area contributed by atoms with Gasteiger partial charge >= 0.3 is 0 Å². The zero-order chi connectivity index (χ0) is 12.3. The molecule has 2 aromatic rings. The Kier molecular flexibility index (Phi) is 3.06. The van der Waals surface area contributed by atoms with Crippen LogP contribution in [0, 0.1) is 17.1 Å². The normalized spacial score (nSPS) is 10.1. The van der Waals surface area contributed by atoms with E-state index in [0.717, 1.165) is 0 Å². The number of aromatic nitrogens is 2. The van der Waals surface area contributed by atoms with Gasteiger partial charge in [0.05, 0.1) is 24.7 Å². The summed E-state index contributed by atoms with van der Waals surface area (Å²) in [7, 11) is 0. The number of aryl methyl sites for hydroxylation is 1. The first-order chi connectivity index (χ1) is 8.20. The number of nitrogens with two attached hydrogens (primary N) is 1. The molecule has 0 fully saturated rings. The summed E-state index contributed by atoms with van der Waals surface area (Å²) in [6, 6.07) is 9.86. The number of rotatable bonds is 3. The van der Waals surface area contributed by atoms with Gasteiger partial charge in [0.1, 0.15) is 11.6 Å². The average Bonchev–Trinajstić information content (AvgIpc) is 2.68. The van der Waals surface area contributed by atoms with Crippen LogP contribution in [0.4, 0.5) is 10.2 Å². The van der Waals surface area contributed by atoms with Gasteiger partial charge < -0.3 is 5.73 Å². The Bertz CT molecular complexity index is 568. The van der Waals surface area contributed by atoms with Crippen LogP contribution in [0.3, 0.4) is 0 Å². The summed E-state index contributed by atoms with van der Waals surface area (Å²) in [6.45, 7) is 0.442. The van der Waals surface area contributed by atoms with E-state index in [1.807, 2.05) is 6.07 Å². The van der Waals surface area contributed by atoms with Gasteiger partial charge in [0, 0.05) is 11.6 Å². The molecule has 2 rings (SSSR count). The van der Waals surface area contributed by atoms with E-state index in [0.29, 0.717) is 30.0 Å². The molecule has 17 heavy (non-hydrogen) atoms. The molecule has 4 nitrogen and oxygen atoms in total. The molecule has 1 aromatic carbocycles. The molecule has 0 radical (unpaired) electrons. The Balaban J connectivity index is 2.31. The molecular weight excluding hydrogens is 219 g/mol. The molecule has 0 amide bonds. The zero-order valence-electron chi connectivity index (χ0n) is 9.10. The van der Waals surface area contributed by atoms with Crippen LogP contribution in [-0.4, -0.2) is 9.78 Å². The topological polar surface area (TPSA) is 67.6 Å². The third-order valence-corrected chi connectivity index (χ3v) is 2.37. The van der Waals surface area contributed by atoms with Crippen LogP contribution >= 0.6 is 0 Å². The second-order valence-electron chi connectivity index (χ2n) is 3.60. The predicted octanol–water partition coefficient (Wildman–Crippen LogP) is 2.19. The number of halogens is 1. The number of benzene rings is 1. The van der Waals surface area contributed by atoms with Crippen LogP contribution in [-0.2, 0) is 6.54 Å². The van der Waals surface area contributed by atoms with Gasteiger partial charge in [-0.25, -0.2) is 9.07 Å². The highest BCUT2D eigenvalue weighted by atomic mass is 19.1. The molecule has 0 atom stereocenters. The van der Waals surface area contributed by atoms with E-state index in [1.54, 1.807) is 22.9 Å². The molecule has 1 aromatic heterocycles. The number of anilines is 1. The lowest BCUT2D eigenvalue weighted by molar-refractivity contribution is 0.627. The van der Waals surface area contributed by atoms with Gasteiger partial charge in [0.25, 0.3) is 0 Å². The predicted molar refractivity (Wildman–Crippen MR) is 62.3 cm³/mol. The lowest BCUT2D eigenvalue weighted by Gasteiger charge is -1.99. The van der Waals surface area contributed by atoms with Crippen LogP contribution in [0.2, 0.25) is 0 Å². The van der Waals surface area contributed by atoms with Crippen molar-refractivity contribution in [3.63, 3.8) is 0 Å². The molecule has 0 saturated heterocycles. The van der Waals surface area contributed by atoms with E-state index in [1.165, 1.54) is 12.1 Å². The first-order valence-electron chi connectivity index (χ1n) is 5.17. The number of nitrogen functional groups attached to an aromatic ring is 1. The summed E-state index contributed by atoms with van der Waals surface area (Å²) in [5, 5.41) is 12.7. The van der Waals surface area contributed by atoms with Crippen molar-refractivity contribution in [2.24, 2.45) is 0 Å². The van der Waals surface area contributed by atoms with Gasteiger partial charge in [-0.3, -0.25) is 0 Å². The van der Waals surface area contributed by atoms with Gasteiger partial charge in [-0.1, -0.05) is 12.1 Å². The van der Waals surface area contributed by atoms with Gasteiger partial charge in [-0.15, -0.1) is 0 Å². The summed E-state index contributed by atoms with van der Waals surface area (Å²) in [5.74, 6) is 0.159. The van der Waals surface area contributed by atoms with Crippen LogP contribution in [0.25, 0.3) is 11.3 Å². The lowest BCUT2D eigenvalue weighted by Crippen LogP contribution is -2.03. The van der Waals surface area contributed by atoms with Gasteiger partial charge in [0.2, 0.25) is 0 Å². The second-order valence-corrected chi connectivity index (χ2v) is 3.60. The first kappa shape index (κ1) is 11.1. The third-order valence-electron chi connectivity index (χ3n) is 2.37. The maximum absolute atomic E-state index is 13.1. The lowest BCUT2D eigenvalue weighted by atomic mass is 10.1. The summed E-state index contributed by atoms with van der Waals surface area (Å²) in [6.07, 6.45) is 0.342. The third kappa shape index (κ3) is 2.42.